The molecule has 1 atom stereocenters. The Kier molecular flexibility index (Phi) is 10.4. The fourth-order valence-electron chi connectivity index (χ4n) is 4.18. The highest BCUT2D eigenvalue weighted by Crippen LogP contribution is 2.31. The van der Waals surface area contributed by atoms with Gasteiger partial charge in [0.25, 0.3) is 0 Å². The van der Waals surface area contributed by atoms with Crippen LogP contribution in [0.25, 0.3) is 0 Å². The Balaban J connectivity index is 2.09. The molecule has 3 aromatic rings. The Labute approximate surface area is 240 Å². The molecule has 208 valence electrons. The summed E-state index contributed by atoms with van der Waals surface area (Å²) in [4.78, 5) is 29.1. The highest BCUT2D eigenvalue weighted by molar-refractivity contribution is 7.92. The molecule has 0 heterocycles. The number of amides is 2. The second kappa shape index (κ2) is 13.3. The van der Waals surface area contributed by atoms with Crippen LogP contribution >= 0.6 is 23.2 Å². The Morgan fingerprint density at radius 3 is 2.21 bits per heavy atom. The van der Waals surface area contributed by atoms with E-state index in [9.17, 15) is 18.0 Å². The maximum Gasteiger partial charge on any atom is 0.244 e. The van der Waals surface area contributed by atoms with E-state index in [0.29, 0.717) is 0 Å². The van der Waals surface area contributed by atoms with E-state index in [-0.39, 0.29) is 40.6 Å². The third-order valence-corrected chi connectivity index (χ3v) is 7.84. The van der Waals surface area contributed by atoms with Gasteiger partial charge in [0.05, 0.1) is 17.0 Å². The van der Waals surface area contributed by atoms with Gasteiger partial charge in [-0.15, -0.1) is 0 Å². The van der Waals surface area contributed by atoms with E-state index in [1.54, 1.807) is 0 Å². The number of carbonyl (C=O) groups excluding carboxylic acids is 2. The van der Waals surface area contributed by atoms with Crippen molar-refractivity contribution in [1.29, 1.82) is 0 Å². The summed E-state index contributed by atoms with van der Waals surface area (Å²) in [6.07, 6.45) is 1.24. The van der Waals surface area contributed by atoms with Crippen molar-refractivity contribution in [3.8, 4) is 0 Å². The zero-order chi connectivity index (χ0) is 28.7. The van der Waals surface area contributed by atoms with Crippen molar-refractivity contribution in [3.63, 3.8) is 0 Å². The summed E-state index contributed by atoms with van der Waals surface area (Å²) in [7, 11) is -3.95. The zero-order valence-electron chi connectivity index (χ0n) is 22.4. The van der Waals surface area contributed by atoms with Gasteiger partial charge in [0.2, 0.25) is 21.8 Å². The van der Waals surface area contributed by atoms with Gasteiger partial charge in [0, 0.05) is 24.0 Å². The van der Waals surface area contributed by atoms with Gasteiger partial charge in [-0.2, -0.15) is 0 Å². The van der Waals surface area contributed by atoms with Crippen LogP contribution in [0.5, 0.6) is 0 Å². The van der Waals surface area contributed by atoms with Crippen LogP contribution < -0.4 is 9.62 Å². The molecular weight excluding hydrogens is 557 g/mol. The van der Waals surface area contributed by atoms with Crippen molar-refractivity contribution in [2.24, 2.45) is 0 Å². The van der Waals surface area contributed by atoms with Gasteiger partial charge in [-0.1, -0.05) is 77.8 Å². The van der Waals surface area contributed by atoms with Crippen LogP contribution in [0.2, 0.25) is 10.0 Å². The fourth-order valence-corrected chi connectivity index (χ4v) is 5.47. The molecule has 0 saturated heterocycles. The summed E-state index contributed by atoms with van der Waals surface area (Å²) in [6, 6.07) is 20.3. The third-order valence-electron chi connectivity index (χ3n) is 6.16. The molecule has 3 aromatic carbocycles. The number of carbonyl (C=O) groups is 2. The van der Waals surface area contributed by atoms with Gasteiger partial charge >= 0.3 is 0 Å². The molecule has 0 aliphatic rings. The average molecular weight is 591 g/mol. The van der Waals surface area contributed by atoms with Crippen LogP contribution in [0, 0.1) is 6.92 Å². The van der Waals surface area contributed by atoms with E-state index in [2.05, 4.69) is 5.32 Å². The first-order chi connectivity index (χ1) is 18.4. The minimum atomic E-state index is -3.95. The maximum atomic E-state index is 14.1. The Bertz CT molecular complexity index is 1420. The average Bonchev–Trinajstić information content (AvgIpc) is 2.86. The summed E-state index contributed by atoms with van der Waals surface area (Å²) in [5, 5.41) is 3.32. The van der Waals surface area contributed by atoms with E-state index >= 15 is 0 Å². The van der Waals surface area contributed by atoms with E-state index in [0.717, 1.165) is 27.3 Å². The summed E-state index contributed by atoms with van der Waals surface area (Å²) in [5.41, 5.74) is 2.73. The van der Waals surface area contributed by atoms with Crippen molar-refractivity contribution < 1.29 is 18.0 Å². The molecule has 39 heavy (non-hydrogen) atoms. The van der Waals surface area contributed by atoms with Gasteiger partial charge in [-0.25, -0.2) is 8.42 Å². The maximum absolute atomic E-state index is 14.1. The van der Waals surface area contributed by atoms with Crippen LogP contribution in [0.4, 0.5) is 5.69 Å². The fraction of sp³-hybridized carbons (Fsp3) is 0.310. The summed E-state index contributed by atoms with van der Waals surface area (Å²) in [6.45, 7) is 5.16. The molecule has 2 amide bonds. The molecule has 10 heteroatoms. The molecule has 0 fully saturated rings. The van der Waals surface area contributed by atoms with Crippen molar-refractivity contribution >= 4 is 50.7 Å². The first-order valence-corrected chi connectivity index (χ1v) is 15.1. The molecule has 0 saturated carbocycles. The number of sulfonamides is 1. The molecule has 3 rings (SSSR count). The molecule has 0 radical (unpaired) electrons. The number of benzene rings is 3. The molecule has 1 N–H and O–H groups in total. The smallest absolute Gasteiger partial charge is 0.244 e. The minimum absolute atomic E-state index is 0.0853. The number of hydrogen-bond donors (Lipinski definition) is 1. The number of anilines is 1. The standard InChI is InChI=1S/C29H33Cl2N3O4S/c1-20(2)32-29(36)27(16-22-11-6-5-7-12-22)33(18-23-13-9-8-10-21(23)3)28(35)19-34(39(4,37)38)26-17-24(30)14-15-25(26)31/h5-15,17,20,27H,16,18-19H2,1-4H3,(H,32,36)/t27-/m0/s1. The SMILES string of the molecule is Cc1ccccc1CN(C(=O)CN(c1cc(Cl)ccc1Cl)S(C)(=O)=O)[C@@H](Cc1ccccc1)C(=O)NC(C)C. The minimum Gasteiger partial charge on any atom is -0.352 e. The van der Waals surface area contributed by atoms with Crippen LogP contribution in [0.3, 0.4) is 0 Å². The number of nitrogens with zero attached hydrogens (tertiary/aromatic N) is 2. The largest absolute Gasteiger partial charge is 0.352 e. The predicted molar refractivity (Wildman–Crippen MR) is 158 cm³/mol. The van der Waals surface area contributed by atoms with Crippen molar-refractivity contribution in [1.82, 2.24) is 10.2 Å². The van der Waals surface area contributed by atoms with E-state index in [1.807, 2.05) is 75.4 Å². The lowest BCUT2D eigenvalue weighted by molar-refractivity contribution is -0.140. The van der Waals surface area contributed by atoms with E-state index < -0.39 is 28.5 Å². The lowest BCUT2D eigenvalue weighted by Crippen LogP contribution is -2.54. The molecule has 0 aromatic heterocycles. The second-order valence-corrected chi connectivity index (χ2v) is 12.4. The monoisotopic (exact) mass is 589 g/mol. The molecule has 0 aliphatic carbocycles. The topological polar surface area (TPSA) is 86.8 Å². The van der Waals surface area contributed by atoms with Crippen LogP contribution in [0.15, 0.2) is 72.8 Å². The lowest BCUT2D eigenvalue weighted by Gasteiger charge is -2.34. The summed E-state index contributed by atoms with van der Waals surface area (Å²) in [5.74, 6) is -0.887. The second-order valence-electron chi connectivity index (χ2n) is 9.68. The number of nitrogens with one attached hydrogen (secondary N) is 1. The molecule has 7 nitrogen and oxygen atoms in total. The first kappa shape index (κ1) is 30.5. The number of aryl methyl sites for hydroxylation is 1. The summed E-state index contributed by atoms with van der Waals surface area (Å²) < 4.78 is 26.7. The number of rotatable bonds is 11. The number of hydrogen-bond acceptors (Lipinski definition) is 4. The summed E-state index contributed by atoms with van der Waals surface area (Å²) >= 11 is 12.5. The Hall–Kier alpha value is -3.07. The van der Waals surface area contributed by atoms with E-state index in [1.165, 1.54) is 23.1 Å². The molecule has 0 aliphatic heterocycles. The van der Waals surface area contributed by atoms with Crippen LogP contribution in [-0.4, -0.2) is 50.0 Å². The molecule has 0 spiro atoms. The molecule has 0 unspecified atom stereocenters. The zero-order valence-corrected chi connectivity index (χ0v) is 24.7. The van der Waals surface area contributed by atoms with Gasteiger partial charge in [0.1, 0.15) is 12.6 Å². The Morgan fingerprint density at radius 2 is 1.59 bits per heavy atom. The third kappa shape index (κ3) is 8.46. The molecular formula is C29H33Cl2N3O4S. The van der Waals surface area contributed by atoms with Crippen molar-refractivity contribution in [2.45, 2.75) is 45.8 Å². The highest BCUT2D eigenvalue weighted by Gasteiger charge is 2.34. The van der Waals surface area contributed by atoms with Crippen molar-refractivity contribution in [3.05, 3.63) is 99.5 Å². The Morgan fingerprint density at radius 1 is 0.949 bits per heavy atom. The van der Waals surface area contributed by atoms with Gasteiger partial charge in [-0.05, 0) is 55.7 Å². The highest BCUT2D eigenvalue weighted by atomic mass is 35.5. The first-order valence-electron chi connectivity index (χ1n) is 12.5. The quantitative estimate of drug-likeness (QED) is 0.331. The van der Waals surface area contributed by atoms with E-state index in [4.69, 9.17) is 23.2 Å². The normalized spacial score (nSPS) is 12.2. The number of halogens is 2. The van der Waals surface area contributed by atoms with Gasteiger partial charge in [0.15, 0.2) is 0 Å². The van der Waals surface area contributed by atoms with Crippen LogP contribution in [-0.2, 0) is 32.6 Å². The molecule has 0 bridgehead atoms. The van der Waals surface area contributed by atoms with Crippen molar-refractivity contribution in [2.75, 3.05) is 17.1 Å². The predicted octanol–water partition coefficient (Wildman–Crippen LogP) is 5.23. The lowest BCUT2D eigenvalue weighted by atomic mass is 10.0. The van der Waals surface area contributed by atoms with Crippen LogP contribution in [0.1, 0.15) is 30.5 Å². The van der Waals surface area contributed by atoms with Gasteiger partial charge in [-0.3, -0.25) is 13.9 Å². The van der Waals surface area contributed by atoms with Gasteiger partial charge < -0.3 is 10.2 Å².